The van der Waals surface area contributed by atoms with Crippen molar-refractivity contribution in [2.45, 2.75) is 19.4 Å². The summed E-state index contributed by atoms with van der Waals surface area (Å²) in [6, 6.07) is 8.20. The quantitative estimate of drug-likeness (QED) is 0.916. The van der Waals surface area contributed by atoms with E-state index in [9.17, 15) is 4.79 Å². The maximum Gasteiger partial charge on any atom is 0.256 e. The van der Waals surface area contributed by atoms with Gasteiger partial charge in [-0.25, -0.2) is 4.68 Å². The van der Waals surface area contributed by atoms with Gasteiger partial charge in [-0.15, -0.1) is 0 Å². The Balaban J connectivity index is 1.67. The monoisotopic (exact) mass is 296 g/mol. The third kappa shape index (κ3) is 2.13. The molecule has 1 aromatic carbocycles. The highest BCUT2D eigenvalue weighted by atomic mass is 16.2. The molecule has 2 aromatic rings. The largest absolute Gasteiger partial charge is 0.334 e. The molecule has 0 saturated carbocycles. The van der Waals surface area contributed by atoms with Crippen molar-refractivity contribution in [1.29, 1.82) is 0 Å². The third-order valence-corrected chi connectivity index (χ3v) is 4.82. The fraction of sp³-hybridized carbons (Fsp3) is 0.412. The molecule has 0 unspecified atom stereocenters. The van der Waals surface area contributed by atoms with Crippen LogP contribution in [0.15, 0.2) is 36.7 Å². The number of hydrogen-bond acceptors (Lipinski definition) is 3. The second-order valence-corrected chi connectivity index (χ2v) is 6.25. The number of nitrogens with one attached hydrogen (secondary N) is 1. The topological polar surface area (TPSA) is 50.2 Å². The molecule has 114 valence electrons. The maximum atomic E-state index is 13.0. The van der Waals surface area contributed by atoms with Gasteiger partial charge in [-0.3, -0.25) is 4.79 Å². The first kappa shape index (κ1) is 13.5. The van der Waals surface area contributed by atoms with Gasteiger partial charge in [0, 0.05) is 31.5 Å². The van der Waals surface area contributed by atoms with E-state index in [1.165, 1.54) is 6.42 Å². The molecule has 1 amide bonds. The van der Waals surface area contributed by atoms with Crippen molar-refractivity contribution in [3.05, 3.63) is 47.8 Å². The summed E-state index contributed by atoms with van der Waals surface area (Å²) in [4.78, 5) is 15.0. The number of aromatic nitrogens is 2. The van der Waals surface area contributed by atoms with Gasteiger partial charge < -0.3 is 10.2 Å². The van der Waals surface area contributed by atoms with Crippen LogP contribution in [0.4, 0.5) is 0 Å². The Labute approximate surface area is 129 Å². The van der Waals surface area contributed by atoms with Crippen LogP contribution < -0.4 is 5.32 Å². The molecule has 1 aromatic heterocycles. The second kappa shape index (κ2) is 5.25. The molecule has 1 N–H and O–H groups in total. The van der Waals surface area contributed by atoms with Crippen LogP contribution in [-0.4, -0.2) is 46.3 Å². The number of aryl methyl sites for hydroxylation is 1. The number of carbonyl (C=O) groups is 1. The van der Waals surface area contributed by atoms with Crippen molar-refractivity contribution in [3.63, 3.8) is 0 Å². The zero-order chi connectivity index (χ0) is 15.1. The summed E-state index contributed by atoms with van der Waals surface area (Å²) in [7, 11) is 0. The van der Waals surface area contributed by atoms with Crippen molar-refractivity contribution < 1.29 is 4.79 Å². The van der Waals surface area contributed by atoms with Gasteiger partial charge in [-0.1, -0.05) is 11.6 Å². The highest BCUT2D eigenvalue weighted by Gasteiger charge is 2.43. The molecule has 4 rings (SSSR count). The van der Waals surface area contributed by atoms with Crippen LogP contribution in [0.25, 0.3) is 5.69 Å². The number of rotatable bonds is 2. The Morgan fingerprint density at radius 1 is 1.41 bits per heavy atom. The Hall–Kier alpha value is -2.14. The highest BCUT2D eigenvalue weighted by molar-refractivity contribution is 5.98. The van der Waals surface area contributed by atoms with E-state index in [4.69, 9.17) is 0 Å². The van der Waals surface area contributed by atoms with Crippen LogP contribution >= 0.6 is 0 Å². The molecule has 22 heavy (non-hydrogen) atoms. The molecule has 0 aliphatic carbocycles. The lowest BCUT2D eigenvalue weighted by atomic mass is 9.82. The smallest absolute Gasteiger partial charge is 0.256 e. The molecule has 5 heteroatoms. The molecule has 0 spiro atoms. The van der Waals surface area contributed by atoms with Crippen LogP contribution in [0.1, 0.15) is 22.3 Å². The second-order valence-electron chi connectivity index (χ2n) is 6.25. The number of amides is 1. The molecule has 5 nitrogen and oxygen atoms in total. The van der Waals surface area contributed by atoms with Crippen LogP contribution in [0, 0.1) is 12.8 Å². The lowest BCUT2D eigenvalue weighted by molar-refractivity contribution is 0.00280. The van der Waals surface area contributed by atoms with E-state index in [1.54, 1.807) is 10.9 Å². The molecule has 3 heterocycles. The van der Waals surface area contributed by atoms with Gasteiger partial charge in [0.1, 0.15) is 0 Å². The van der Waals surface area contributed by atoms with Crippen LogP contribution in [0.3, 0.4) is 0 Å². The predicted octanol–water partition coefficient (Wildman–Crippen LogP) is 1.61. The molecule has 2 aliphatic heterocycles. The number of benzene rings is 1. The van der Waals surface area contributed by atoms with E-state index in [-0.39, 0.29) is 5.91 Å². The average Bonchev–Trinajstić information content (AvgIpc) is 3.02. The van der Waals surface area contributed by atoms with Gasteiger partial charge in [-0.2, -0.15) is 5.10 Å². The van der Waals surface area contributed by atoms with Crippen LogP contribution in [0.5, 0.6) is 0 Å². The lowest BCUT2D eigenvalue weighted by Crippen LogP contribution is -2.65. The van der Waals surface area contributed by atoms with E-state index in [1.807, 2.05) is 42.3 Å². The standard InChI is InChI=1S/C17H20N4O/c1-12-3-4-15(21-8-2-6-19-21)14(9-12)17(22)20-11-13-5-7-18-10-16(13)20/h2-4,6,8-9,13,16,18H,5,7,10-11H2,1H3/t13-,16-/m0/s1. The summed E-state index contributed by atoms with van der Waals surface area (Å²) in [5, 5.41) is 7.67. The molecule has 0 radical (unpaired) electrons. The summed E-state index contributed by atoms with van der Waals surface area (Å²) in [6.07, 6.45) is 4.79. The molecule has 2 atom stereocenters. The van der Waals surface area contributed by atoms with Crippen molar-refractivity contribution >= 4 is 5.91 Å². The minimum atomic E-state index is 0.124. The fourth-order valence-corrected chi connectivity index (χ4v) is 3.54. The predicted molar refractivity (Wildman–Crippen MR) is 84.1 cm³/mol. The minimum absolute atomic E-state index is 0.124. The van der Waals surface area contributed by atoms with Gasteiger partial charge in [0.2, 0.25) is 0 Å². The highest BCUT2D eigenvalue weighted by Crippen LogP contribution is 2.32. The maximum absolute atomic E-state index is 13.0. The van der Waals surface area contributed by atoms with Crippen molar-refractivity contribution in [3.8, 4) is 5.69 Å². The van der Waals surface area contributed by atoms with E-state index >= 15 is 0 Å². The van der Waals surface area contributed by atoms with Crippen molar-refractivity contribution in [1.82, 2.24) is 20.0 Å². The first-order valence-corrected chi connectivity index (χ1v) is 7.86. The Morgan fingerprint density at radius 2 is 2.32 bits per heavy atom. The summed E-state index contributed by atoms with van der Waals surface area (Å²) in [6.45, 7) is 4.90. The van der Waals surface area contributed by atoms with Crippen LogP contribution in [-0.2, 0) is 0 Å². The zero-order valence-corrected chi connectivity index (χ0v) is 12.7. The van der Waals surface area contributed by atoms with Gasteiger partial charge in [0.25, 0.3) is 5.91 Å². The number of likely N-dealkylation sites (tertiary alicyclic amines) is 1. The normalized spacial score (nSPS) is 23.8. The number of carbonyl (C=O) groups excluding carboxylic acids is 1. The van der Waals surface area contributed by atoms with Crippen LogP contribution in [0.2, 0.25) is 0 Å². The molecule has 0 bridgehead atoms. The number of piperidine rings is 1. The third-order valence-electron chi connectivity index (χ3n) is 4.82. The number of hydrogen-bond donors (Lipinski definition) is 1. The summed E-state index contributed by atoms with van der Waals surface area (Å²) in [5.74, 6) is 0.794. The van der Waals surface area contributed by atoms with Gasteiger partial charge in [0.05, 0.1) is 11.3 Å². The fourth-order valence-electron chi connectivity index (χ4n) is 3.54. The number of nitrogens with zero attached hydrogens (tertiary/aromatic N) is 3. The molecule has 2 fully saturated rings. The zero-order valence-electron chi connectivity index (χ0n) is 12.7. The Morgan fingerprint density at radius 3 is 3.09 bits per heavy atom. The summed E-state index contributed by atoms with van der Waals surface area (Å²) in [5.41, 5.74) is 2.69. The Kier molecular flexibility index (Phi) is 3.22. The molecular formula is C17H20N4O. The van der Waals surface area contributed by atoms with Gasteiger partial charge in [-0.05, 0) is 44.0 Å². The lowest BCUT2D eigenvalue weighted by Gasteiger charge is -2.51. The summed E-state index contributed by atoms with van der Waals surface area (Å²) >= 11 is 0. The van der Waals surface area contributed by atoms with Gasteiger partial charge in [0.15, 0.2) is 0 Å². The molecule has 2 saturated heterocycles. The Bertz CT molecular complexity index is 695. The van der Waals surface area contributed by atoms with E-state index < -0.39 is 0 Å². The average molecular weight is 296 g/mol. The van der Waals surface area contributed by atoms with Crippen molar-refractivity contribution in [2.75, 3.05) is 19.6 Å². The molecular weight excluding hydrogens is 276 g/mol. The van der Waals surface area contributed by atoms with E-state index in [0.717, 1.165) is 36.4 Å². The van der Waals surface area contributed by atoms with E-state index in [0.29, 0.717) is 12.0 Å². The number of fused-ring (bicyclic) bond motifs is 1. The first-order valence-electron chi connectivity index (χ1n) is 7.86. The molecule has 2 aliphatic rings. The SMILES string of the molecule is Cc1ccc(-n2cccn2)c(C(=O)N2C[C@@H]3CCNC[C@@H]32)c1. The minimum Gasteiger partial charge on any atom is -0.334 e. The van der Waals surface area contributed by atoms with Crippen molar-refractivity contribution in [2.24, 2.45) is 5.92 Å². The summed E-state index contributed by atoms with van der Waals surface area (Å²) < 4.78 is 1.77. The van der Waals surface area contributed by atoms with Gasteiger partial charge >= 0.3 is 0 Å². The van der Waals surface area contributed by atoms with E-state index in [2.05, 4.69) is 10.4 Å². The first-order chi connectivity index (χ1) is 10.7.